The summed E-state index contributed by atoms with van der Waals surface area (Å²) in [4.78, 5) is 2.44. The topological polar surface area (TPSA) is 41.3 Å². The van der Waals surface area contributed by atoms with Crippen LogP contribution in [0.4, 0.5) is 5.69 Å². The SMILES string of the molecule is CC(C)(C)n1cc(CN2c3ccccc3CC[C@@H]2CCO)cn1. The first-order valence-corrected chi connectivity index (χ1v) is 8.48. The molecule has 1 aromatic heterocycles. The van der Waals surface area contributed by atoms with Gasteiger partial charge in [-0.05, 0) is 51.7 Å². The summed E-state index contributed by atoms with van der Waals surface area (Å²) in [6, 6.07) is 9.03. The zero-order valence-corrected chi connectivity index (χ0v) is 14.4. The molecule has 1 aliphatic heterocycles. The Balaban J connectivity index is 1.87. The minimum absolute atomic E-state index is 0.00254. The van der Waals surface area contributed by atoms with Gasteiger partial charge in [-0.25, -0.2) is 0 Å². The highest BCUT2D eigenvalue weighted by atomic mass is 16.3. The van der Waals surface area contributed by atoms with Crippen molar-refractivity contribution in [2.45, 2.75) is 58.2 Å². The van der Waals surface area contributed by atoms with Crippen LogP contribution in [0.15, 0.2) is 36.7 Å². The number of aliphatic hydroxyl groups is 1. The van der Waals surface area contributed by atoms with Crippen LogP contribution < -0.4 is 4.90 Å². The number of aromatic nitrogens is 2. The summed E-state index contributed by atoms with van der Waals surface area (Å²) in [5, 5.41) is 13.9. The highest BCUT2D eigenvalue weighted by Gasteiger charge is 2.26. The van der Waals surface area contributed by atoms with E-state index in [1.165, 1.54) is 16.8 Å². The van der Waals surface area contributed by atoms with E-state index in [1.807, 2.05) is 10.9 Å². The maximum absolute atomic E-state index is 9.42. The van der Waals surface area contributed by atoms with Crippen LogP contribution in [0.1, 0.15) is 44.7 Å². The third-order valence-electron chi connectivity index (χ3n) is 4.63. The number of fused-ring (bicyclic) bond motifs is 1. The molecule has 3 rings (SSSR count). The van der Waals surface area contributed by atoms with E-state index >= 15 is 0 Å². The molecule has 0 fully saturated rings. The van der Waals surface area contributed by atoms with E-state index in [-0.39, 0.29) is 12.1 Å². The van der Waals surface area contributed by atoms with Crippen LogP contribution in [0.3, 0.4) is 0 Å². The molecule has 0 bridgehead atoms. The first kappa shape index (κ1) is 16.1. The highest BCUT2D eigenvalue weighted by Crippen LogP contribution is 2.33. The monoisotopic (exact) mass is 313 g/mol. The quantitative estimate of drug-likeness (QED) is 0.941. The summed E-state index contributed by atoms with van der Waals surface area (Å²) in [6.45, 7) is 7.57. The summed E-state index contributed by atoms with van der Waals surface area (Å²) in [5.41, 5.74) is 3.94. The second-order valence-electron chi connectivity index (χ2n) is 7.43. The maximum Gasteiger partial charge on any atom is 0.0543 e. The molecule has 2 aromatic rings. The number of para-hydroxylation sites is 1. The van der Waals surface area contributed by atoms with E-state index in [9.17, 15) is 5.11 Å². The van der Waals surface area contributed by atoms with Crippen molar-refractivity contribution < 1.29 is 5.11 Å². The number of hydrogen-bond acceptors (Lipinski definition) is 3. The van der Waals surface area contributed by atoms with Crippen molar-refractivity contribution in [2.75, 3.05) is 11.5 Å². The molecule has 0 saturated heterocycles. The van der Waals surface area contributed by atoms with Gasteiger partial charge in [0.2, 0.25) is 0 Å². The van der Waals surface area contributed by atoms with E-state index in [0.717, 1.165) is 25.8 Å². The van der Waals surface area contributed by atoms with Gasteiger partial charge in [-0.3, -0.25) is 4.68 Å². The van der Waals surface area contributed by atoms with Crippen LogP contribution in [0, 0.1) is 0 Å². The van der Waals surface area contributed by atoms with Gasteiger partial charge in [-0.15, -0.1) is 0 Å². The number of nitrogens with zero attached hydrogens (tertiary/aromatic N) is 3. The molecule has 4 heteroatoms. The molecule has 0 saturated carbocycles. The second-order valence-corrected chi connectivity index (χ2v) is 7.43. The van der Waals surface area contributed by atoms with Crippen LogP contribution in [0.5, 0.6) is 0 Å². The van der Waals surface area contributed by atoms with Gasteiger partial charge in [0.05, 0.1) is 11.7 Å². The van der Waals surface area contributed by atoms with Crippen LogP contribution in [0.2, 0.25) is 0 Å². The second kappa shape index (κ2) is 6.36. The lowest BCUT2D eigenvalue weighted by Gasteiger charge is -2.38. The molecule has 1 N–H and O–H groups in total. The van der Waals surface area contributed by atoms with Crippen LogP contribution >= 0.6 is 0 Å². The summed E-state index contributed by atoms with van der Waals surface area (Å²) in [7, 11) is 0. The molecule has 0 amide bonds. The van der Waals surface area contributed by atoms with Gasteiger partial charge in [-0.2, -0.15) is 5.10 Å². The Morgan fingerprint density at radius 1 is 1.26 bits per heavy atom. The van der Waals surface area contributed by atoms with Gasteiger partial charge in [0.1, 0.15) is 0 Å². The third kappa shape index (κ3) is 3.42. The number of hydrogen-bond donors (Lipinski definition) is 1. The van der Waals surface area contributed by atoms with Gasteiger partial charge in [0, 0.05) is 36.6 Å². The van der Waals surface area contributed by atoms with Crippen molar-refractivity contribution >= 4 is 5.69 Å². The van der Waals surface area contributed by atoms with E-state index in [2.05, 4.69) is 61.2 Å². The highest BCUT2D eigenvalue weighted by molar-refractivity contribution is 5.56. The Labute approximate surface area is 138 Å². The zero-order valence-electron chi connectivity index (χ0n) is 14.4. The van der Waals surface area contributed by atoms with Gasteiger partial charge < -0.3 is 10.0 Å². The predicted octanol–water partition coefficient (Wildman–Crippen LogP) is 3.34. The lowest BCUT2D eigenvalue weighted by molar-refractivity contribution is 0.267. The van der Waals surface area contributed by atoms with Gasteiger partial charge >= 0.3 is 0 Å². The molecule has 4 nitrogen and oxygen atoms in total. The molecule has 2 heterocycles. The lowest BCUT2D eigenvalue weighted by Crippen LogP contribution is -2.39. The average molecular weight is 313 g/mol. The van der Waals surface area contributed by atoms with Gasteiger partial charge in [-0.1, -0.05) is 18.2 Å². The minimum Gasteiger partial charge on any atom is -0.396 e. The van der Waals surface area contributed by atoms with Crippen molar-refractivity contribution in [3.05, 3.63) is 47.8 Å². The van der Waals surface area contributed by atoms with Crippen molar-refractivity contribution in [1.82, 2.24) is 9.78 Å². The van der Waals surface area contributed by atoms with E-state index < -0.39 is 0 Å². The van der Waals surface area contributed by atoms with Crippen molar-refractivity contribution in [3.8, 4) is 0 Å². The van der Waals surface area contributed by atoms with E-state index in [4.69, 9.17) is 0 Å². The van der Waals surface area contributed by atoms with E-state index in [0.29, 0.717) is 6.04 Å². The number of benzene rings is 1. The maximum atomic E-state index is 9.42. The number of rotatable bonds is 4. The predicted molar refractivity (Wildman–Crippen MR) is 93.7 cm³/mol. The van der Waals surface area contributed by atoms with Crippen molar-refractivity contribution in [1.29, 1.82) is 0 Å². The summed E-state index contributed by atoms with van der Waals surface area (Å²) in [6.07, 6.45) is 7.14. The Hall–Kier alpha value is -1.81. The van der Waals surface area contributed by atoms with Crippen LogP contribution in [0.25, 0.3) is 0 Å². The molecule has 0 spiro atoms. The fourth-order valence-corrected chi connectivity index (χ4v) is 3.35. The molecule has 124 valence electrons. The number of aryl methyl sites for hydroxylation is 1. The lowest BCUT2D eigenvalue weighted by atomic mass is 9.93. The van der Waals surface area contributed by atoms with Crippen molar-refractivity contribution in [2.24, 2.45) is 0 Å². The molecule has 1 aliphatic rings. The summed E-state index contributed by atoms with van der Waals surface area (Å²) < 4.78 is 2.03. The summed E-state index contributed by atoms with van der Waals surface area (Å²) in [5.74, 6) is 0. The largest absolute Gasteiger partial charge is 0.396 e. The first-order chi connectivity index (χ1) is 11.0. The molecule has 0 unspecified atom stereocenters. The fourth-order valence-electron chi connectivity index (χ4n) is 3.35. The van der Waals surface area contributed by atoms with Crippen molar-refractivity contribution in [3.63, 3.8) is 0 Å². The van der Waals surface area contributed by atoms with Gasteiger partial charge in [0.15, 0.2) is 0 Å². The Kier molecular flexibility index (Phi) is 4.44. The van der Waals surface area contributed by atoms with E-state index in [1.54, 1.807) is 0 Å². The summed E-state index contributed by atoms with van der Waals surface area (Å²) >= 11 is 0. The zero-order chi connectivity index (χ0) is 16.4. The smallest absolute Gasteiger partial charge is 0.0543 e. The fraction of sp³-hybridized carbons (Fsp3) is 0.526. The number of aliphatic hydroxyl groups excluding tert-OH is 1. The van der Waals surface area contributed by atoms with Crippen LogP contribution in [-0.4, -0.2) is 27.5 Å². The standard InChI is InChI=1S/C19H27N3O/c1-19(2,3)22-14-15(12-20-22)13-21-17(10-11-23)9-8-16-6-4-5-7-18(16)21/h4-7,12,14,17,23H,8-11,13H2,1-3H3/t17-/m1/s1. The molecular weight excluding hydrogens is 286 g/mol. The minimum atomic E-state index is 0.00254. The molecule has 23 heavy (non-hydrogen) atoms. The molecular formula is C19H27N3O. The van der Waals surface area contributed by atoms with Crippen LogP contribution in [-0.2, 0) is 18.5 Å². The number of anilines is 1. The molecule has 0 radical (unpaired) electrons. The molecule has 1 atom stereocenters. The molecule has 0 aliphatic carbocycles. The van der Waals surface area contributed by atoms with Gasteiger partial charge in [0.25, 0.3) is 0 Å². The average Bonchev–Trinajstić information content (AvgIpc) is 2.99. The normalized spacial score (nSPS) is 18.1. The Morgan fingerprint density at radius 2 is 2.04 bits per heavy atom. The molecule has 1 aromatic carbocycles. The first-order valence-electron chi connectivity index (χ1n) is 8.48. The Bertz CT molecular complexity index is 657. The Morgan fingerprint density at radius 3 is 2.74 bits per heavy atom. The third-order valence-corrected chi connectivity index (χ3v) is 4.63.